The molecule has 2 aromatic carbocycles. The molecule has 0 bridgehead atoms. The second-order valence-corrected chi connectivity index (χ2v) is 7.25. The van der Waals surface area contributed by atoms with Crippen molar-refractivity contribution in [3.05, 3.63) is 54.1 Å². The van der Waals surface area contributed by atoms with Crippen LogP contribution in [0.3, 0.4) is 0 Å². The molecular formula is C20H20N2O2S. The van der Waals surface area contributed by atoms with Crippen LogP contribution in [0.15, 0.2) is 48.5 Å². The Labute approximate surface area is 151 Å². The fraction of sp³-hybridized carbons (Fsp3) is 0.300. The molecule has 0 N–H and O–H groups in total. The molecule has 0 saturated heterocycles. The molecule has 1 saturated carbocycles. The SMILES string of the molecule is CCOc1ccc2nc(N(Cc3ccccc3)C(=O)C3CC3)sc2c1. The first kappa shape index (κ1) is 16.1. The summed E-state index contributed by atoms with van der Waals surface area (Å²) < 4.78 is 6.62. The van der Waals surface area contributed by atoms with Crippen LogP contribution in [0.2, 0.25) is 0 Å². The molecule has 1 aromatic heterocycles. The van der Waals surface area contributed by atoms with Crippen molar-refractivity contribution in [2.75, 3.05) is 11.5 Å². The average molecular weight is 352 g/mol. The Morgan fingerprint density at radius 1 is 1.24 bits per heavy atom. The lowest BCUT2D eigenvalue weighted by atomic mass is 10.2. The van der Waals surface area contributed by atoms with E-state index in [1.807, 2.05) is 60.4 Å². The highest BCUT2D eigenvalue weighted by Gasteiger charge is 2.35. The fourth-order valence-corrected chi connectivity index (χ4v) is 3.82. The smallest absolute Gasteiger partial charge is 0.232 e. The maximum absolute atomic E-state index is 12.8. The quantitative estimate of drug-likeness (QED) is 0.649. The standard InChI is InChI=1S/C20H20N2O2S/c1-2-24-16-10-11-17-18(12-16)25-20(21-17)22(19(23)15-8-9-15)13-14-6-4-3-5-7-14/h3-7,10-12,15H,2,8-9,13H2,1H3. The molecule has 1 fully saturated rings. The van der Waals surface area contributed by atoms with Gasteiger partial charge in [-0.2, -0.15) is 0 Å². The van der Waals surface area contributed by atoms with E-state index in [1.165, 1.54) is 0 Å². The Hall–Kier alpha value is -2.40. The first-order valence-corrected chi connectivity index (χ1v) is 9.45. The van der Waals surface area contributed by atoms with E-state index in [0.717, 1.165) is 39.5 Å². The molecule has 0 aliphatic heterocycles. The molecule has 1 aliphatic rings. The summed E-state index contributed by atoms with van der Waals surface area (Å²) in [6, 6.07) is 16.0. The first-order chi connectivity index (χ1) is 12.2. The summed E-state index contributed by atoms with van der Waals surface area (Å²) in [6.07, 6.45) is 1.98. The van der Waals surface area contributed by atoms with Gasteiger partial charge >= 0.3 is 0 Å². The van der Waals surface area contributed by atoms with Gasteiger partial charge in [0.1, 0.15) is 5.75 Å². The summed E-state index contributed by atoms with van der Waals surface area (Å²) >= 11 is 1.55. The third-order valence-electron chi connectivity index (χ3n) is 4.27. The van der Waals surface area contributed by atoms with E-state index in [9.17, 15) is 4.79 Å². The van der Waals surface area contributed by atoms with Crippen molar-refractivity contribution < 1.29 is 9.53 Å². The number of hydrogen-bond acceptors (Lipinski definition) is 4. The van der Waals surface area contributed by atoms with Gasteiger partial charge in [-0.15, -0.1) is 0 Å². The fourth-order valence-electron chi connectivity index (χ4n) is 2.82. The number of amides is 1. The molecular weight excluding hydrogens is 332 g/mol. The van der Waals surface area contributed by atoms with E-state index in [0.29, 0.717) is 13.2 Å². The van der Waals surface area contributed by atoms with Crippen molar-refractivity contribution in [2.45, 2.75) is 26.3 Å². The molecule has 0 unspecified atom stereocenters. The van der Waals surface area contributed by atoms with Crippen LogP contribution in [-0.2, 0) is 11.3 Å². The highest BCUT2D eigenvalue weighted by atomic mass is 32.1. The maximum Gasteiger partial charge on any atom is 0.232 e. The van der Waals surface area contributed by atoms with Gasteiger partial charge in [-0.25, -0.2) is 4.98 Å². The second-order valence-electron chi connectivity index (χ2n) is 6.24. The number of carbonyl (C=O) groups excluding carboxylic acids is 1. The van der Waals surface area contributed by atoms with Crippen LogP contribution in [0.25, 0.3) is 10.2 Å². The van der Waals surface area contributed by atoms with E-state index in [1.54, 1.807) is 11.3 Å². The van der Waals surface area contributed by atoms with Crippen LogP contribution in [-0.4, -0.2) is 17.5 Å². The Morgan fingerprint density at radius 3 is 2.76 bits per heavy atom. The van der Waals surface area contributed by atoms with Crippen LogP contribution >= 0.6 is 11.3 Å². The topological polar surface area (TPSA) is 42.4 Å². The number of carbonyl (C=O) groups is 1. The van der Waals surface area contributed by atoms with Gasteiger partial charge in [0.2, 0.25) is 5.91 Å². The molecule has 3 aromatic rings. The molecule has 4 nitrogen and oxygen atoms in total. The van der Waals surface area contributed by atoms with Gasteiger partial charge in [0.05, 0.1) is 23.4 Å². The summed E-state index contributed by atoms with van der Waals surface area (Å²) in [5.74, 6) is 1.19. The average Bonchev–Trinajstić information content (AvgIpc) is 3.40. The number of benzene rings is 2. The second kappa shape index (κ2) is 6.84. The number of rotatable bonds is 6. The van der Waals surface area contributed by atoms with Crippen molar-refractivity contribution in [2.24, 2.45) is 5.92 Å². The minimum Gasteiger partial charge on any atom is -0.494 e. The molecule has 1 heterocycles. The molecule has 25 heavy (non-hydrogen) atoms. The van der Waals surface area contributed by atoms with Crippen molar-refractivity contribution >= 4 is 32.6 Å². The van der Waals surface area contributed by atoms with Crippen molar-refractivity contribution in [1.82, 2.24) is 4.98 Å². The van der Waals surface area contributed by atoms with E-state index in [2.05, 4.69) is 0 Å². The third-order valence-corrected chi connectivity index (χ3v) is 5.31. The van der Waals surface area contributed by atoms with Crippen LogP contribution in [0, 0.1) is 5.92 Å². The number of aromatic nitrogens is 1. The van der Waals surface area contributed by atoms with E-state index in [-0.39, 0.29) is 11.8 Å². The number of ether oxygens (including phenoxy) is 1. The molecule has 128 valence electrons. The van der Waals surface area contributed by atoms with Gasteiger partial charge in [-0.3, -0.25) is 9.69 Å². The monoisotopic (exact) mass is 352 g/mol. The van der Waals surface area contributed by atoms with E-state index >= 15 is 0 Å². The Kier molecular flexibility index (Phi) is 4.40. The zero-order valence-corrected chi connectivity index (χ0v) is 15.0. The predicted octanol–water partition coefficient (Wildman–Crippen LogP) is 4.64. The summed E-state index contributed by atoms with van der Waals surface area (Å²) in [5, 5.41) is 0.768. The molecule has 1 aliphatic carbocycles. The van der Waals surface area contributed by atoms with Crippen LogP contribution in [0.1, 0.15) is 25.3 Å². The number of thiazole rings is 1. The van der Waals surface area contributed by atoms with Crippen LogP contribution in [0.4, 0.5) is 5.13 Å². The number of fused-ring (bicyclic) bond motifs is 1. The van der Waals surface area contributed by atoms with Crippen molar-refractivity contribution in [3.63, 3.8) is 0 Å². The molecule has 5 heteroatoms. The van der Waals surface area contributed by atoms with Crippen molar-refractivity contribution in [1.29, 1.82) is 0 Å². The minimum absolute atomic E-state index is 0.162. The molecule has 0 atom stereocenters. The number of nitrogens with zero attached hydrogens (tertiary/aromatic N) is 2. The molecule has 4 rings (SSSR count). The number of hydrogen-bond donors (Lipinski definition) is 0. The van der Waals surface area contributed by atoms with Gasteiger partial charge < -0.3 is 4.74 Å². The van der Waals surface area contributed by atoms with E-state index < -0.39 is 0 Å². The van der Waals surface area contributed by atoms with E-state index in [4.69, 9.17) is 9.72 Å². The highest BCUT2D eigenvalue weighted by Crippen LogP contribution is 2.37. The zero-order valence-electron chi connectivity index (χ0n) is 14.1. The lowest BCUT2D eigenvalue weighted by Crippen LogP contribution is -2.31. The summed E-state index contributed by atoms with van der Waals surface area (Å²) in [7, 11) is 0. The maximum atomic E-state index is 12.8. The van der Waals surface area contributed by atoms with Crippen molar-refractivity contribution in [3.8, 4) is 5.75 Å². The Balaban J connectivity index is 1.68. The Bertz CT molecular complexity index is 887. The third kappa shape index (κ3) is 3.51. The summed E-state index contributed by atoms with van der Waals surface area (Å²) in [5.41, 5.74) is 2.02. The molecule has 1 amide bonds. The van der Waals surface area contributed by atoms with Crippen LogP contribution < -0.4 is 9.64 Å². The van der Waals surface area contributed by atoms with Gasteiger partial charge in [-0.05, 0) is 43.5 Å². The lowest BCUT2D eigenvalue weighted by molar-refractivity contribution is -0.119. The summed E-state index contributed by atoms with van der Waals surface area (Å²) in [6.45, 7) is 3.17. The normalized spacial score (nSPS) is 13.8. The van der Waals surface area contributed by atoms with Gasteiger partial charge in [-0.1, -0.05) is 41.7 Å². The largest absolute Gasteiger partial charge is 0.494 e. The van der Waals surface area contributed by atoms with Gasteiger partial charge in [0, 0.05) is 5.92 Å². The highest BCUT2D eigenvalue weighted by molar-refractivity contribution is 7.22. The summed E-state index contributed by atoms with van der Waals surface area (Å²) in [4.78, 5) is 19.4. The first-order valence-electron chi connectivity index (χ1n) is 8.63. The minimum atomic E-state index is 0.162. The Morgan fingerprint density at radius 2 is 2.04 bits per heavy atom. The lowest BCUT2D eigenvalue weighted by Gasteiger charge is -2.19. The zero-order chi connectivity index (χ0) is 17.2. The van der Waals surface area contributed by atoms with Gasteiger partial charge in [0.15, 0.2) is 5.13 Å². The van der Waals surface area contributed by atoms with Gasteiger partial charge in [0.25, 0.3) is 0 Å². The molecule has 0 radical (unpaired) electrons. The number of anilines is 1. The predicted molar refractivity (Wildman–Crippen MR) is 101 cm³/mol. The molecule has 0 spiro atoms. The van der Waals surface area contributed by atoms with Crippen LogP contribution in [0.5, 0.6) is 5.75 Å².